The van der Waals surface area contributed by atoms with Gasteiger partial charge in [0.05, 0.1) is 5.52 Å². The zero-order valence-electron chi connectivity index (χ0n) is 10.4. The van der Waals surface area contributed by atoms with E-state index in [0.717, 1.165) is 22.5 Å². The number of para-hydroxylation sites is 1. The van der Waals surface area contributed by atoms with Crippen LogP contribution in [0.25, 0.3) is 16.7 Å². The standard InChI is InChI=1S/C14H14N4/c1-10(2)13-16-12-7-4-3-6-11(12)14(17-13)18-9-5-8-15-18/h3-10H,1-2H3. The van der Waals surface area contributed by atoms with Crippen molar-refractivity contribution in [3.05, 3.63) is 48.5 Å². The van der Waals surface area contributed by atoms with Gasteiger partial charge in [0, 0.05) is 23.7 Å². The van der Waals surface area contributed by atoms with E-state index in [9.17, 15) is 0 Å². The van der Waals surface area contributed by atoms with Crippen molar-refractivity contribution in [2.24, 2.45) is 0 Å². The summed E-state index contributed by atoms with van der Waals surface area (Å²) in [5.41, 5.74) is 0.960. The molecule has 0 saturated heterocycles. The monoisotopic (exact) mass is 238 g/mol. The Kier molecular flexibility index (Phi) is 2.55. The summed E-state index contributed by atoms with van der Waals surface area (Å²) in [5.74, 6) is 1.98. The van der Waals surface area contributed by atoms with Gasteiger partial charge in [-0.3, -0.25) is 0 Å². The van der Waals surface area contributed by atoms with Crippen LogP contribution in [0, 0.1) is 0 Å². The maximum absolute atomic E-state index is 4.63. The molecule has 3 aromatic rings. The van der Waals surface area contributed by atoms with Gasteiger partial charge in [0.25, 0.3) is 0 Å². The van der Waals surface area contributed by atoms with E-state index in [4.69, 9.17) is 0 Å². The molecular formula is C14H14N4. The first kappa shape index (κ1) is 10.9. The van der Waals surface area contributed by atoms with Crippen molar-refractivity contribution >= 4 is 10.9 Å². The number of hydrogen-bond donors (Lipinski definition) is 0. The van der Waals surface area contributed by atoms with Crippen LogP contribution in [0.1, 0.15) is 25.6 Å². The maximum Gasteiger partial charge on any atom is 0.164 e. The average molecular weight is 238 g/mol. The van der Waals surface area contributed by atoms with Gasteiger partial charge in [-0.2, -0.15) is 5.10 Å². The Hall–Kier alpha value is -2.23. The van der Waals surface area contributed by atoms with Crippen molar-refractivity contribution in [3.8, 4) is 5.82 Å². The van der Waals surface area contributed by atoms with Gasteiger partial charge in [0.2, 0.25) is 0 Å². The SMILES string of the molecule is CC(C)c1nc(-n2cccn2)c2ccccc2n1. The largest absolute Gasteiger partial charge is 0.232 e. The van der Waals surface area contributed by atoms with Gasteiger partial charge in [-0.1, -0.05) is 26.0 Å². The van der Waals surface area contributed by atoms with E-state index in [-0.39, 0.29) is 0 Å². The van der Waals surface area contributed by atoms with Gasteiger partial charge in [0.1, 0.15) is 5.82 Å². The number of fused-ring (bicyclic) bond motifs is 1. The van der Waals surface area contributed by atoms with E-state index < -0.39 is 0 Å². The molecule has 0 aliphatic carbocycles. The van der Waals surface area contributed by atoms with Crippen LogP contribution in [0.2, 0.25) is 0 Å². The maximum atomic E-state index is 4.63. The summed E-state index contributed by atoms with van der Waals surface area (Å²) in [7, 11) is 0. The molecular weight excluding hydrogens is 224 g/mol. The Morgan fingerprint density at radius 3 is 2.61 bits per heavy atom. The van der Waals surface area contributed by atoms with Crippen LogP contribution in [0.5, 0.6) is 0 Å². The van der Waals surface area contributed by atoms with E-state index >= 15 is 0 Å². The molecule has 1 aromatic carbocycles. The molecule has 3 rings (SSSR count). The number of rotatable bonds is 2. The lowest BCUT2D eigenvalue weighted by Gasteiger charge is -2.10. The number of hydrogen-bond acceptors (Lipinski definition) is 3. The molecule has 0 aliphatic rings. The molecule has 0 amide bonds. The van der Waals surface area contributed by atoms with Crippen molar-refractivity contribution in [3.63, 3.8) is 0 Å². The highest BCUT2D eigenvalue weighted by molar-refractivity contribution is 5.85. The van der Waals surface area contributed by atoms with E-state index in [1.54, 1.807) is 10.9 Å². The second-order valence-corrected chi connectivity index (χ2v) is 4.53. The van der Waals surface area contributed by atoms with E-state index in [1.165, 1.54) is 0 Å². The van der Waals surface area contributed by atoms with Crippen molar-refractivity contribution in [2.45, 2.75) is 19.8 Å². The molecule has 4 nitrogen and oxygen atoms in total. The number of nitrogens with zero attached hydrogens (tertiary/aromatic N) is 4. The molecule has 90 valence electrons. The van der Waals surface area contributed by atoms with E-state index in [2.05, 4.69) is 28.9 Å². The third-order valence-corrected chi connectivity index (χ3v) is 2.84. The molecule has 0 aliphatic heterocycles. The van der Waals surface area contributed by atoms with Gasteiger partial charge < -0.3 is 0 Å². The highest BCUT2D eigenvalue weighted by Gasteiger charge is 2.11. The molecule has 0 atom stereocenters. The third kappa shape index (κ3) is 1.76. The Balaban J connectivity index is 2.34. The summed E-state index contributed by atoms with van der Waals surface area (Å²) in [4.78, 5) is 9.23. The molecule has 0 fully saturated rings. The van der Waals surface area contributed by atoms with Crippen molar-refractivity contribution in [1.29, 1.82) is 0 Å². The molecule has 2 heterocycles. The second-order valence-electron chi connectivity index (χ2n) is 4.53. The summed E-state index contributed by atoms with van der Waals surface area (Å²) < 4.78 is 1.79. The summed E-state index contributed by atoms with van der Waals surface area (Å²) in [6, 6.07) is 9.92. The van der Waals surface area contributed by atoms with Gasteiger partial charge in [-0.05, 0) is 18.2 Å². The minimum absolute atomic E-state index is 0.295. The number of benzene rings is 1. The summed E-state index contributed by atoms with van der Waals surface area (Å²) in [5, 5.41) is 5.28. The molecule has 18 heavy (non-hydrogen) atoms. The topological polar surface area (TPSA) is 43.6 Å². The van der Waals surface area contributed by atoms with Crippen LogP contribution < -0.4 is 0 Å². The number of aromatic nitrogens is 4. The summed E-state index contributed by atoms with van der Waals surface area (Å²) in [6.45, 7) is 4.19. The normalized spacial score (nSPS) is 11.3. The lowest BCUT2D eigenvalue weighted by molar-refractivity contribution is 0.757. The minimum Gasteiger partial charge on any atom is -0.232 e. The van der Waals surface area contributed by atoms with Crippen LogP contribution >= 0.6 is 0 Å². The van der Waals surface area contributed by atoms with E-state index in [0.29, 0.717) is 5.92 Å². The van der Waals surface area contributed by atoms with Gasteiger partial charge in [-0.25, -0.2) is 14.6 Å². The first-order valence-electron chi connectivity index (χ1n) is 6.02. The smallest absolute Gasteiger partial charge is 0.164 e. The minimum atomic E-state index is 0.295. The van der Waals surface area contributed by atoms with Crippen LogP contribution in [0.3, 0.4) is 0 Å². The first-order chi connectivity index (χ1) is 8.75. The zero-order chi connectivity index (χ0) is 12.5. The van der Waals surface area contributed by atoms with Crippen LogP contribution in [-0.4, -0.2) is 19.7 Å². The van der Waals surface area contributed by atoms with Crippen LogP contribution in [0.15, 0.2) is 42.7 Å². The highest BCUT2D eigenvalue weighted by atomic mass is 15.3. The molecule has 2 aromatic heterocycles. The summed E-state index contributed by atoms with van der Waals surface area (Å²) in [6.07, 6.45) is 3.66. The van der Waals surface area contributed by atoms with Crippen LogP contribution in [-0.2, 0) is 0 Å². The third-order valence-electron chi connectivity index (χ3n) is 2.84. The Morgan fingerprint density at radius 1 is 1.06 bits per heavy atom. The Morgan fingerprint density at radius 2 is 1.89 bits per heavy atom. The molecule has 0 spiro atoms. The quantitative estimate of drug-likeness (QED) is 0.689. The van der Waals surface area contributed by atoms with Crippen molar-refractivity contribution in [1.82, 2.24) is 19.7 Å². The lowest BCUT2D eigenvalue weighted by atomic mass is 10.2. The molecule has 0 bridgehead atoms. The highest BCUT2D eigenvalue weighted by Crippen LogP contribution is 2.21. The average Bonchev–Trinajstić information content (AvgIpc) is 2.91. The van der Waals surface area contributed by atoms with Crippen molar-refractivity contribution < 1.29 is 0 Å². The first-order valence-corrected chi connectivity index (χ1v) is 6.02. The predicted molar refractivity (Wildman–Crippen MR) is 70.7 cm³/mol. The Bertz CT molecular complexity index is 671. The fourth-order valence-corrected chi connectivity index (χ4v) is 1.90. The second kappa shape index (κ2) is 4.22. The zero-order valence-corrected chi connectivity index (χ0v) is 10.4. The molecule has 0 unspecified atom stereocenters. The van der Waals surface area contributed by atoms with E-state index in [1.807, 2.05) is 36.5 Å². The fraction of sp³-hybridized carbons (Fsp3) is 0.214. The van der Waals surface area contributed by atoms with Gasteiger partial charge in [0.15, 0.2) is 5.82 Å². The molecule has 0 N–H and O–H groups in total. The Labute approximate surface area is 105 Å². The van der Waals surface area contributed by atoms with Crippen LogP contribution in [0.4, 0.5) is 0 Å². The van der Waals surface area contributed by atoms with Gasteiger partial charge in [-0.15, -0.1) is 0 Å². The lowest BCUT2D eigenvalue weighted by Crippen LogP contribution is -2.06. The van der Waals surface area contributed by atoms with Gasteiger partial charge >= 0.3 is 0 Å². The predicted octanol–water partition coefficient (Wildman–Crippen LogP) is 2.94. The fourth-order valence-electron chi connectivity index (χ4n) is 1.90. The molecule has 4 heteroatoms. The molecule has 0 saturated carbocycles. The van der Waals surface area contributed by atoms with Crippen molar-refractivity contribution in [2.75, 3.05) is 0 Å². The molecule has 0 radical (unpaired) electrons. The summed E-state index contributed by atoms with van der Waals surface area (Å²) >= 11 is 0.